The van der Waals surface area contributed by atoms with Crippen molar-refractivity contribution in [2.24, 2.45) is 22.9 Å². The van der Waals surface area contributed by atoms with Gasteiger partial charge in [0.05, 0.1) is 0 Å². The monoisotopic (exact) mass is 246 g/mol. The van der Waals surface area contributed by atoms with Crippen LogP contribution in [0.5, 0.6) is 0 Å². The molecule has 12 nitrogen and oxygen atoms in total. The molecule has 0 aromatic heterocycles. The smallest absolute Gasteiger partial charge is 0.291 e. The van der Waals surface area contributed by atoms with Crippen LogP contribution in [0.3, 0.4) is 0 Å². The lowest BCUT2D eigenvalue weighted by molar-refractivity contribution is -0.742. The standard InChI is InChI=1S/2C2H8N2.2HNO3/c2*3-1-2-4;2*2-1(3)4/h2*1-4H2;2*(H,2,3,4). The topological polar surface area (TPSA) is 231 Å². The minimum atomic E-state index is -1.50. The first-order valence-corrected chi connectivity index (χ1v) is 3.76. The lowest BCUT2D eigenvalue weighted by Crippen LogP contribution is -2.11. The van der Waals surface area contributed by atoms with Crippen LogP contribution in [0.15, 0.2) is 0 Å². The van der Waals surface area contributed by atoms with Crippen LogP contribution in [0.4, 0.5) is 0 Å². The van der Waals surface area contributed by atoms with Crippen LogP contribution in [-0.2, 0) is 0 Å². The van der Waals surface area contributed by atoms with E-state index >= 15 is 0 Å². The van der Waals surface area contributed by atoms with Crippen molar-refractivity contribution in [1.82, 2.24) is 0 Å². The van der Waals surface area contributed by atoms with Crippen LogP contribution in [0.25, 0.3) is 0 Å². The van der Waals surface area contributed by atoms with Gasteiger partial charge in [0, 0.05) is 26.2 Å². The van der Waals surface area contributed by atoms with Gasteiger partial charge in [-0.1, -0.05) is 0 Å². The van der Waals surface area contributed by atoms with Gasteiger partial charge >= 0.3 is 0 Å². The van der Waals surface area contributed by atoms with Gasteiger partial charge < -0.3 is 33.3 Å². The molecule has 0 aromatic carbocycles. The highest BCUT2D eigenvalue weighted by Crippen LogP contribution is 1.38. The number of nitrogens with zero attached hydrogens (tertiary/aromatic N) is 2. The second-order valence-electron chi connectivity index (χ2n) is 1.63. The van der Waals surface area contributed by atoms with E-state index in [1.807, 2.05) is 0 Å². The third-order valence-electron chi connectivity index (χ3n) is 0.333. The predicted octanol–water partition coefficient (Wildman–Crippen LogP) is -2.89. The van der Waals surface area contributed by atoms with Gasteiger partial charge in [0.15, 0.2) is 0 Å². The zero-order chi connectivity index (χ0) is 14.0. The number of rotatable bonds is 2. The van der Waals surface area contributed by atoms with E-state index in [1.165, 1.54) is 0 Å². The zero-order valence-corrected chi connectivity index (χ0v) is 8.56. The Balaban J connectivity index is -0.0000000600. The molecular weight excluding hydrogens is 228 g/mol. The van der Waals surface area contributed by atoms with Gasteiger partial charge in [-0.3, -0.25) is 0 Å². The third kappa shape index (κ3) is 26800. The van der Waals surface area contributed by atoms with Crippen molar-refractivity contribution in [2.45, 2.75) is 0 Å². The first kappa shape index (κ1) is 23.8. The summed E-state index contributed by atoms with van der Waals surface area (Å²) < 4.78 is 0. The lowest BCUT2D eigenvalue weighted by Gasteiger charge is -1.72. The average Bonchev–Trinajstić information content (AvgIpc) is 2.16. The molecule has 16 heavy (non-hydrogen) atoms. The molecule has 0 radical (unpaired) electrons. The van der Waals surface area contributed by atoms with Crippen LogP contribution in [-0.4, -0.2) is 46.8 Å². The molecule has 0 atom stereocenters. The van der Waals surface area contributed by atoms with Crippen molar-refractivity contribution in [3.8, 4) is 0 Å². The molecule has 0 fully saturated rings. The fourth-order valence-electron chi connectivity index (χ4n) is 0. The minimum absolute atomic E-state index is 0.597. The summed E-state index contributed by atoms with van der Waals surface area (Å²) in [4.78, 5) is 16.7. The first-order chi connectivity index (χ1) is 7.29. The minimum Gasteiger partial charge on any atom is -0.329 e. The SMILES string of the molecule is NCCN.NCCN.O=[N+]([O-])O.O=[N+]([O-])O. The largest absolute Gasteiger partial charge is 0.329 e. The van der Waals surface area contributed by atoms with Gasteiger partial charge in [-0.2, -0.15) is 0 Å². The molecule has 0 bridgehead atoms. The Hall–Kier alpha value is -1.76. The molecule has 0 saturated carbocycles. The molecule has 0 aliphatic carbocycles. The summed E-state index contributed by atoms with van der Waals surface area (Å²) in [5.41, 5.74) is 19.6. The van der Waals surface area contributed by atoms with Crippen molar-refractivity contribution in [2.75, 3.05) is 26.2 Å². The highest BCUT2D eigenvalue weighted by Gasteiger charge is 1.65. The Kier molecular flexibility index (Phi) is 43.5. The van der Waals surface area contributed by atoms with E-state index in [-0.39, 0.29) is 0 Å². The maximum absolute atomic E-state index is 8.36. The van der Waals surface area contributed by atoms with Crippen LogP contribution >= 0.6 is 0 Å². The summed E-state index contributed by atoms with van der Waals surface area (Å²) in [6, 6.07) is 0. The molecule has 0 heterocycles. The van der Waals surface area contributed by atoms with Crippen LogP contribution < -0.4 is 22.9 Å². The van der Waals surface area contributed by atoms with Gasteiger partial charge in [0.2, 0.25) is 0 Å². The quantitative estimate of drug-likeness (QED) is 0.215. The molecule has 0 saturated heterocycles. The highest BCUT2D eigenvalue weighted by atomic mass is 16.9. The molecule has 0 aromatic rings. The maximum Gasteiger partial charge on any atom is 0.291 e. The van der Waals surface area contributed by atoms with Gasteiger partial charge in [0.25, 0.3) is 10.2 Å². The van der Waals surface area contributed by atoms with E-state index in [0.29, 0.717) is 26.2 Å². The van der Waals surface area contributed by atoms with Crippen LogP contribution in [0, 0.1) is 20.2 Å². The number of hydrogen-bond acceptors (Lipinski definition) is 8. The van der Waals surface area contributed by atoms with Crippen molar-refractivity contribution in [3.63, 3.8) is 0 Å². The Morgan fingerprint density at radius 1 is 0.750 bits per heavy atom. The summed E-state index contributed by atoms with van der Waals surface area (Å²) in [6.07, 6.45) is 0. The van der Waals surface area contributed by atoms with Gasteiger partial charge in [0.1, 0.15) is 0 Å². The van der Waals surface area contributed by atoms with Crippen LogP contribution in [0.2, 0.25) is 0 Å². The van der Waals surface area contributed by atoms with Crippen molar-refractivity contribution < 1.29 is 20.6 Å². The van der Waals surface area contributed by atoms with Gasteiger partial charge in [-0.15, -0.1) is 20.2 Å². The van der Waals surface area contributed by atoms with Crippen molar-refractivity contribution in [1.29, 1.82) is 0 Å². The molecular formula is C4H18N6O6. The Bertz CT molecular complexity index is 117. The lowest BCUT2D eigenvalue weighted by atomic mass is 10.7. The second-order valence-corrected chi connectivity index (χ2v) is 1.63. The molecule has 12 heteroatoms. The first-order valence-electron chi connectivity index (χ1n) is 3.76. The van der Waals surface area contributed by atoms with E-state index in [4.69, 9.17) is 53.6 Å². The van der Waals surface area contributed by atoms with E-state index in [2.05, 4.69) is 0 Å². The average molecular weight is 246 g/mol. The molecule has 100 valence electrons. The molecule has 0 amide bonds. The van der Waals surface area contributed by atoms with E-state index < -0.39 is 10.2 Å². The number of nitrogens with two attached hydrogens (primary N) is 4. The number of hydrogen-bond donors (Lipinski definition) is 6. The molecule has 0 rings (SSSR count). The summed E-state index contributed by atoms with van der Waals surface area (Å²) in [7, 11) is 0. The predicted molar refractivity (Wildman–Crippen MR) is 53.8 cm³/mol. The van der Waals surface area contributed by atoms with Crippen molar-refractivity contribution in [3.05, 3.63) is 20.2 Å². The van der Waals surface area contributed by atoms with Crippen molar-refractivity contribution >= 4 is 0 Å². The highest BCUT2D eigenvalue weighted by molar-refractivity contribution is 4.26. The Morgan fingerprint density at radius 2 is 0.812 bits per heavy atom. The zero-order valence-electron chi connectivity index (χ0n) is 8.56. The molecule has 0 aliphatic heterocycles. The third-order valence-corrected chi connectivity index (χ3v) is 0.333. The van der Waals surface area contributed by atoms with Gasteiger partial charge in [-0.25, -0.2) is 0 Å². The Labute approximate surface area is 91.0 Å². The maximum atomic E-state index is 8.36. The van der Waals surface area contributed by atoms with Gasteiger partial charge in [-0.05, 0) is 0 Å². The van der Waals surface area contributed by atoms with E-state index in [9.17, 15) is 0 Å². The summed E-state index contributed by atoms with van der Waals surface area (Å²) in [6.45, 7) is 2.39. The summed E-state index contributed by atoms with van der Waals surface area (Å²) in [5.74, 6) is 0. The second kappa shape index (κ2) is 29.2. The summed E-state index contributed by atoms with van der Waals surface area (Å²) >= 11 is 0. The summed E-state index contributed by atoms with van der Waals surface area (Å²) in [5, 5.41) is 27.3. The Morgan fingerprint density at radius 3 is 0.812 bits per heavy atom. The van der Waals surface area contributed by atoms with E-state index in [0.717, 1.165) is 0 Å². The normalized spacial score (nSPS) is 6.75. The fraction of sp³-hybridized carbons (Fsp3) is 1.00. The molecule has 0 aliphatic rings. The molecule has 0 spiro atoms. The molecule has 10 N–H and O–H groups in total. The van der Waals surface area contributed by atoms with E-state index in [1.54, 1.807) is 0 Å². The fourth-order valence-corrected chi connectivity index (χ4v) is 0. The van der Waals surface area contributed by atoms with Crippen LogP contribution in [0.1, 0.15) is 0 Å². The molecule has 0 unspecified atom stereocenters.